The van der Waals surface area contributed by atoms with Crippen LogP contribution in [0.2, 0.25) is 0 Å². The predicted molar refractivity (Wildman–Crippen MR) is 90.7 cm³/mol. The molecule has 6 nitrogen and oxygen atoms in total. The van der Waals surface area contributed by atoms with Crippen LogP contribution in [0.25, 0.3) is 0 Å². The zero-order valence-electron chi connectivity index (χ0n) is 14.7. The Labute approximate surface area is 143 Å². The van der Waals surface area contributed by atoms with Gasteiger partial charge in [-0.15, -0.1) is 0 Å². The second-order valence-electron chi connectivity index (χ2n) is 7.33. The number of hydrogen-bond acceptors (Lipinski definition) is 4. The number of fused-ring (bicyclic) bond motifs is 1. The van der Waals surface area contributed by atoms with Crippen LogP contribution in [-0.2, 0) is 29.0 Å². The van der Waals surface area contributed by atoms with Crippen LogP contribution in [0, 0.1) is 12.8 Å². The fraction of sp³-hybridized carbons (Fsp3) is 0.778. The number of hydrogen-bond donors (Lipinski definition) is 0. The number of nitrogens with zero attached hydrogens (tertiary/aromatic N) is 4. The van der Waals surface area contributed by atoms with Gasteiger partial charge in [-0.05, 0) is 26.2 Å². The lowest BCUT2D eigenvalue weighted by atomic mass is 10.1. The molecule has 1 aromatic heterocycles. The van der Waals surface area contributed by atoms with Crippen LogP contribution >= 0.6 is 0 Å². The first-order chi connectivity index (χ1) is 11.7. The highest BCUT2D eigenvalue weighted by Gasteiger charge is 2.30. The number of aromatic nitrogens is 2. The number of aryl methyl sites for hydroxylation is 2. The second-order valence-corrected chi connectivity index (χ2v) is 7.33. The quantitative estimate of drug-likeness (QED) is 0.835. The summed E-state index contributed by atoms with van der Waals surface area (Å²) < 4.78 is 7.80. The molecule has 4 heterocycles. The molecule has 0 aliphatic carbocycles. The summed E-state index contributed by atoms with van der Waals surface area (Å²) in [6.07, 6.45) is 4.54. The van der Waals surface area contributed by atoms with Crippen molar-refractivity contribution in [3.63, 3.8) is 0 Å². The zero-order valence-corrected chi connectivity index (χ0v) is 14.7. The van der Waals surface area contributed by atoms with Gasteiger partial charge in [-0.25, -0.2) is 4.98 Å². The van der Waals surface area contributed by atoms with Crippen molar-refractivity contribution in [3.8, 4) is 0 Å². The number of imidazole rings is 1. The van der Waals surface area contributed by atoms with Gasteiger partial charge in [0.05, 0.1) is 23.9 Å². The molecule has 1 amide bonds. The molecule has 24 heavy (non-hydrogen) atoms. The summed E-state index contributed by atoms with van der Waals surface area (Å²) in [6, 6.07) is 0. The Kier molecular flexibility index (Phi) is 4.59. The highest BCUT2D eigenvalue weighted by molar-refractivity contribution is 5.79. The molecule has 3 aliphatic rings. The van der Waals surface area contributed by atoms with E-state index in [9.17, 15) is 4.79 Å². The first-order valence-electron chi connectivity index (χ1n) is 9.36. The lowest BCUT2D eigenvalue weighted by molar-refractivity contribution is -0.137. The molecule has 0 radical (unpaired) electrons. The Morgan fingerprint density at radius 2 is 2.04 bits per heavy atom. The van der Waals surface area contributed by atoms with Gasteiger partial charge in [0.2, 0.25) is 5.91 Å². The molecule has 4 rings (SSSR count). The van der Waals surface area contributed by atoms with Gasteiger partial charge in [-0.1, -0.05) is 0 Å². The normalized spacial score (nSPS) is 25.0. The molecule has 0 spiro atoms. The lowest BCUT2D eigenvalue weighted by Crippen LogP contribution is -2.50. The third kappa shape index (κ3) is 3.09. The number of piperazine rings is 1. The van der Waals surface area contributed by atoms with E-state index in [4.69, 9.17) is 9.72 Å². The van der Waals surface area contributed by atoms with Crippen molar-refractivity contribution in [2.75, 3.05) is 39.4 Å². The number of ether oxygens (including phenoxy) is 1. The van der Waals surface area contributed by atoms with Gasteiger partial charge in [-0.2, -0.15) is 0 Å². The maximum absolute atomic E-state index is 12.5. The molecule has 6 heteroatoms. The third-order valence-corrected chi connectivity index (χ3v) is 5.72. The Morgan fingerprint density at radius 3 is 2.79 bits per heavy atom. The van der Waals surface area contributed by atoms with E-state index in [1.54, 1.807) is 0 Å². The summed E-state index contributed by atoms with van der Waals surface area (Å²) in [4.78, 5) is 21.8. The number of carbonyl (C=O) groups excluding carboxylic acids is 1. The summed E-state index contributed by atoms with van der Waals surface area (Å²) in [5.41, 5.74) is 2.57. The minimum absolute atomic E-state index is 0.0978. The van der Waals surface area contributed by atoms with Crippen LogP contribution in [0.3, 0.4) is 0 Å². The predicted octanol–water partition coefficient (Wildman–Crippen LogP) is 1.21. The smallest absolute Gasteiger partial charge is 0.228 e. The van der Waals surface area contributed by atoms with Crippen LogP contribution in [0.1, 0.15) is 36.5 Å². The molecule has 0 saturated carbocycles. The number of carbonyl (C=O) groups is 1. The Balaban J connectivity index is 1.35. The molecule has 0 aromatic carbocycles. The minimum atomic E-state index is 0.0978. The van der Waals surface area contributed by atoms with Gasteiger partial charge in [0.25, 0.3) is 0 Å². The molecule has 2 fully saturated rings. The maximum atomic E-state index is 12.5. The van der Waals surface area contributed by atoms with Crippen molar-refractivity contribution in [1.82, 2.24) is 19.4 Å². The van der Waals surface area contributed by atoms with E-state index in [1.165, 1.54) is 30.1 Å². The van der Waals surface area contributed by atoms with Crippen molar-refractivity contribution in [1.29, 1.82) is 0 Å². The molecule has 2 saturated heterocycles. The van der Waals surface area contributed by atoms with E-state index >= 15 is 0 Å². The van der Waals surface area contributed by atoms with Crippen LogP contribution < -0.4 is 0 Å². The standard InChI is InChI=1S/C18H28N4O2/c1-14-16(22-6-3-2-4-17(22)19-14)12-20-7-9-21(10-8-20)18(23)15-5-11-24-13-15/h15H,2-13H2,1H3. The van der Waals surface area contributed by atoms with E-state index in [-0.39, 0.29) is 5.92 Å². The van der Waals surface area contributed by atoms with Crippen molar-refractivity contribution in [2.24, 2.45) is 5.92 Å². The van der Waals surface area contributed by atoms with Crippen LogP contribution in [0.5, 0.6) is 0 Å². The van der Waals surface area contributed by atoms with Gasteiger partial charge in [0.1, 0.15) is 5.82 Å². The summed E-state index contributed by atoms with van der Waals surface area (Å²) in [7, 11) is 0. The van der Waals surface area contributed by atoms with Crippen molar-refractivity contribution >= 4 is 5.91 Å². The highest BCUT2D eigenvalue weighted by Crippen LogP contribution is 2.22. The molecule has 3 aliphatic heterocycles. The Hall–Kier alpha value is -1.40. The van der Waals surface area contributed by atoms with Crippen molar-refractivity contribution < 1.29 is 9.53 Å². The highest BCUT2D eigenvalue weighted by atomic mass is 16.5. The van der Waals surface area contributed by atoms with E-state index in [0.717, 1.165) is 58.7 Å². The van der Waals surface area contributed by atoms with Crippen molar-refractivity contribution in [3.05, 3.63) is 17.2 Å². The third-order valence-electron chi connectivity index (χ3n) is 5.72. The minimum Gasteiger partial charge on any atom is -0.381 e. The maximum Gasteiger partial charge on any atom is 0.228 e. The fourth-order valence-corrected chi connectivity index (χ4v) is 4.20. The van der Waals surface area contributed by atoms with Gasteiger partial charge in [0.15, 0.2) is 0 Å². The van der Waals surface area contributed by atoms with E-state index in [0.29, 0.717) is 12.5 Å². The summed E-state index contributed by atoms with van der Waals surface area (Å²) in [6.45, 7) is 9.17. The fourth-order valence-electron chi connectivity index (χ4n) is 4.20. The summed E-state index contributed by atoms with van der Waals surface area (Å²) >= 11 is 0. The Morgan fingerprint density at radius 1 is 1.21 bits per heavy atom. The molecular formula is C18H28N4O2. The molecule has 1 aromatic rings. The van der Waals surface area contributed by atoms with Gasteiger partial charge in [-0.3, -0.25) is 9.69 Å². The average Bonchev–Trinajstić information content (AvgIpc) is 3.24. The molecule has 0 N–H and O–H groups in total. The first-order valence-corrected chi connectivity index (χ1v) is 9.36. The van der Waals surface area contributed by atoms with E-state index < -0.39 is 0 Å². The molecular weight excluding hydrogens is 304 g/mol. The van der Waals surface area contributed by atoms with E-state index in [2.05, 4.69) is 16.4 Å². The molecule has 0 bridgehead atoms. The second kappa shape index (κ2) is 6.84. The van der Waals surface area contributed by atoms with Crippen LogP contribution in [-0.4, -0.2) is 64.7 Å². The number of rotatable bonds is 3. The summed E-state index contributed by atoms with van der Waals surface area (Å²) in [5.74, 6) is 1.66. The molecule has 1 atom stereocenters. The topological polar surface area (TPSA) is 50.6 Å². The van der Waals surface area contributed by atoms with Crippen LogP contribution in [0.15, 0.2) is 0 Å². The summed E-state index contributed by atoms with van der Waals surface area (Å²) in [5, 5.41) is 0. The molecule has 1 unspecified atom stereocenters. The van der Waals surface area contributed by atoms with Gasteiger partial charge >= 0.3 is 0 Å². The van der Waals surface area contributed by atoms with Gasteiger partial charge in [0, 0.05) is 52.3 Å². The average molecular weight is 332 g/mol. The lowest BCUT2D eigenvalue weighted by Gasteiger charge is -2.36. The molecule has 132 valence electrons. The zero-order chi connectivity index (χ0) is 16.5. The SMILES string of the molecule is Cc1nc2n(c1CN1CCN(C(=O)C3CCOC3)CC1)CCCC2. The monoisotopic (exact) mass is 332 g/mol. The van der Waals surface area contributed by atoms with Crippen molar-refractivity contribution in [2.45, 2.75) is 45.7 Å². The number of amides is 1. The largest absolute Gasteiger partial charge is 0.381 e. The van der Waals surface area contributed by atoms with Crippen LogP contribution in [0.4, 0.5) is 0 Å². The first kappa shape index (κ1) is 16.1. The van der Waals surface area contributed by atoms with E-state index in [1.807, 2.05) is 4.90 Å². The van der Waals surface area contributed by atoms with Gasteiger partial charge < -0.3 is 14.2 Å². The Bertz CT molecular complexity index is 598.